The van der Waals surface area contributed by atoms with Gasteiger partial charge in [-0.2, -0.15) is 5.10 Å². The first-order valence-corrected chi connectivity index (χ1v) is 15.0. The minimum atomic E-state index is -0.515. The highest BCUT2D eigenvalue weighted by molar-refractivity contribution is 6.03. The van der Waals surface area contributed by atoms with Crippen LogP contribution in [0.25, 0.3) is 38.7 Å². The Kier molecular flexibility index (Phi) is 7.49. The highest BCUT2D eigenvalue weighted by Crippen LogP contribution is 2.35. The van der Waals surface area contributed by atoms with Gasteiger partial charge in [-0.05, 0) is 80.8 Å². The van der Waals surface area contributed by atoms with E-state index < -0.39 is 5.60 Å². The summed E-state index contributed by atoms with van der Waals surface area (Å²) in [5.41, 5.74) is 5.90. The zero-order valence-corrected chi connectivity index (χ0v) is 26.0. The van der Waals surface area contributed by atoms with Crippen molar-refractivity contribution in [3.05, 3.63) is 79.3 Å². The van der Waals surface area contributed by atoms with Crippen LogP contribution in [-0.4, -0.2) is 62.3 Å². The summed E-state index contributed by atoms with van der Waals surface area (Å²) in [4.78, 5) is 33.5. The Balaban J connectivity index is 1.25. The number of rotatable bonds is 4. The van der Waals surface area contributed by atoms with Crippen LogP contribution in [0.4, 0.5) is 16.2 Å². The first kappa shape index (κ1) is 29.2. The van der Waals surface area contributed by atoms with Gasteiger partial charge < -0.3 is 19.9 Å². The molecule has 1 fully saturated rings. The zero-order chi connectivity index (χ0) is 31.2. The van der Waals surface area contributed by atoms with E-state index in [1.807, 2.05) is 74.6 Å². The predicted octanol–water partition coefficient (Wildman–Crippen LogP) is 7.01. The smallest absolute Gasteiger partial charge is 0.410 e. The monoisotopic (exact) mass is 590 g/mol. The van der Waals surface area contributed by atoms with Crippen LogP contribution in [0.2, 0.25) is 0 Å². The average molecular weight is 591 g/mol. The van der Waals surface area contributed by atoms with Gasteiger partial charge in [-0.3, -0.25) is 4.79 Å². The van der Waals surface area contributed by atoms with Crippen LogP contribution >= 0.6 is 0 Å². The second kappa shape index (κ2) is 11.3. The van der Waals surface area contributed by atoms with Crippen LogP contribution < -0.4 is 10.2 Å². The second-order valence-electron chi connectivity index (χ2n) is 12.6. The summed E-state index contributed by atoms with van der Waals surface area (Å²) in [5, 5.41) is 9.65. The molecule has 1 saturated heterocycles. The van der Waals surface area contributed by atoms with Gasteiger partial charge in [0.15, 0.2) is 5.65 Å². The Labute approximate surface area is 257 Å². The van der Waals surface area contributed by atoms with Gasteiger partial charge in [0.2, 0.25) is 5.91 Å². The molecule has 3 aromatic carbocycles. The summed E-state index contributed by atoms with van der Waals surface area (Å²) in [5.74, 6) is -0.119. The van der Waals surface area contributed by atoms with Crippen LogP contribution in [-0.2, 0) is 9.53 Å². The maximum absolute atomic E-state index is 12.7. The number of hydrogen-bond donors (Lipinski definition) is 1. The third-order valence-electron chi connectivity index (χ3n) is 7.90. The van der Waals surface area contributed by atoms with Gasteiger partial charge in [-0.25, -0.2) is 14.3 Å². The van der Waals surface area contributed by atoms with Crippen molar-refractivity contribution in [2.45, 2.75) is 59.2 Å². The molecule has 2 aromatic heterocycles. The van der Waals surface area contributed by atoms with E-state index in [0.29, 0.717) is 13.1 Å². The van der Waals surface area contributed by atoms with Crippen molar-refractivity contribution in [1.29, 1.82) is 0 Å². The summed E-state index contributed by atoms with van der Waals surface area (Å²) in [6.45, 7) is 12.7. The molecule has 44 heavy (non-hydrogen) atoms. The first-order chi connectivity index (χ1) is 21.0. The van der Waals surface area contributed by atoms with Gasteiger partial charge >= 0.3 is 6.09 Å². The van der Waals surface area contributed by atoms with E-state index >= 15 is 0 Å². The molecule has 9 nitrogen and oxygen atoms in total. The minimum absolute atomic E-state index is 0.119. The maximum Gasteiger partial charge on any atom is 0.410 e. The summed E-state index contributed by atoms with van der Waals surface area (Å²) >= 11 is 0. The number of ether oxygens (including phenoxy) is 1. The molecule has 9 heteroatoms. The lowest BCUT2D eigenvalue weighted by Gasteiger charge is -2.45. The fraction of sp³-hybridized carbons (Fsp3) is 0.314. The molecular weight excluding hydrogens is 552 g/mol. The van der Waals surface area contributed by atoms with Crippen LogP contribution in [0.1, 0.15) is 41.5 Å². The summed E-state index contributed by atoms with van der Waals surface area (Å²) in [7, 11) is 0. The van der Waals surface area contributed by atoms with Crippen molar-refractivity contribution in [3.63, 3.8) is 0 Å². The Morgan fingerprint density at radius 2 is 1.61 bits per heavy atom. The predicted molar refractivity (Wildman–Crippen MR) is 175 cm³/mol. The lowest BCUT2D eigenvalue weighted by atomic mass is 9.99. The van der Waals surface area contributed by atoms with Gasteiger partial charge in [0.25, 0.3) is 0 Å². The van der Waals surface area contributed by atoms with Crippen molar-refractivity contribution in [2.75, 3.05) is 23.3 Å². The molecule has 5 aromatic rings. The largest absolute Gasteiger partial charge is 0.444 e. The number of carbonyl (C=O) groups is 2. The normalized spacial score (nSPS) is 17.2. The molecule has 2 amide bonds. The summed E-state index contributed by atoms with van der Waals surface area (Å²) in [6.07, 6.45) is 5.43. The molecular formula is C35H38N6O3. The highest BCUT2D eigenvalue weighted by Gasteiger charge is 2.34. The van der Waals surface area contributed by atoms with E-state index in [1.54, 1.807) is 4.52 Å². The number of fused-ring (bicyclic) bond motifs is 2. The van der Waals surface area contributed by atoms with Crippen LogP contribution in [0.3, 0.4) is 0 Å². The quantitative estimate of drug-likeness (QED) is 0.242. The van der Waals surface area contributed by atoms with Crippen LogP contribution in [0, 0.1) is 0 Å². The first-order valence-electron chi connectivity index (χ1n) is 15.0. The molecule has 3 heterocycles. The number of carbonyl (C=O) groups excluding carboxylic acids is 2. The molecule has 2 atom stereocenters. The van der Waals surface area contributed by atoms with E-state index in [0.717, 1.165) is 50.0 Å². The summed E-state index contributed by atoms with van der Waals surface area (Å²) in [6, 6.07) is 20.8. The van der Waals surface area contributed by atoms with Gasteiger partial charge in [-0.15, -0.1) is 0 Å². The van der Waals surface area contributed by atoms with Crippen molar-refractivity contribution >= 4 is 39.8 Å². The average Bonchev–Trinajstić information content (AvgIpc) is 3.39. The molecule has 0 saturated carbocycles. The van der Waals surface area contributed by atoms with E-state index in [2.05, 4.69) is 59.5 Å². The van der Waals surface area contributed by atoms with Crippen LogP contribution in [0.15, 0.2) is 79.3 Å². The SMILES string of the molecule is CC(=O)Nc1cc(-c2cnn3cc(-c4ccc(N5[C@H](C)CN(C(=O)OC(C)(C)C)C[C@@H]5C)cc4)cnc23)c2ccccc2c1. The Bertz CT molecular complexity index is 1840. The third kappa shape index (κ3) is 5.82. The fourth-order valence-corrected chi connectivity index (χ4v) is 6.16. The Morgan fingerprint density at radius 3 is 2.30 bits per heavy atom. The number of nitrogens with one attached hydrogen (secondary N) is 1. The molecule has 1 N–H and O–H groups in total. The fourth-order valence-electron chi connectivity index (χ4n) is 6.16. The molecule has 226 valence electrons. The molecule has 1 aliphatic heterocycles. The van der Waals surface area contributed by atoms with Crippen molar-refractivity contribution in [2.24, 2.45) is 0 Å². The van der Waals surface area contributed by atoms with Crippen molar-refractivity contribution < 1.29 is 14.3 Å². The number of hydrogen-bond acceptors (Lipinski definition) is 6. The summed E-state index contributed by atoms with van der Waals surface area (Å²) < 4.78 is 7.42. The molecule has 0 radical (unpaired) electrons. The lowest BCUT2D eigenvalue weighted by molar-refractivity contribution is -0.114. The van der Waals surface area contributed by atoms with E-state index in [4.69, 9.17) is 9.72 Å². The standard InChI is InChI=1S/C35H38N6O3/c1-22-19-39(34(43)44-35(4,5)6)20-23(2)41(22)29-13-11-25(12-14-29)27-17-36-33-32(18-37-40(33)21-27)31-16-28(38-24(3)42)15-26-9-7-8-10-30(26)31/h7-18,21-23H,19-20H2,1-6H3,(H,38,42)/t22-,23+. The Hall–Kier alpha value is -4.92. The van der Waals surface area contributed by atoms with Crippen molar-refractivity contribution in [3.8, 4) is 22.3 Å². The van der Waals surface area contributed by atoms with Gasteiger partial charge in [0, 0.05) is 67.0 Å². The molecule has 0 unspecified atom stereocenters. The molecule has 1 aliphatic rings. The second-order valence-corrected chi connectivity index (χ2v) is 12.6. The number of nitrogens with zero attached hydrogens (tertiary/aromatic N) is 5. The molecule has 6 rings (SSSR count). The number of amides is 2. The molecule has 0 aliphatic carbocycles. The topological polar surface area (TPSA) is 92.1 Å². The minimum Gasteiger partial charge on any atom is -0.444 e. The maximum atomic E-state index is 12.7. The van der Waals surface area contributed by atoms with E-state index in [9.17, 15) is 9.59 Å². The molecule has 0 spiro atoms. The van der Waals surface area contributed by atoms with Gasteiger partial charge in [-0.1, -0.05) is 36.4 Å². The highest BCUT2D eigenvalue weighted by atomic mass is 16.6. The van der Waals surface area contributed by atoms with Gasteiger partial charge in [0.1, 0.15) is 5.60 Å². The van der Waals surface area contributed by atoms with Gasteiger partial charge in [0.05, 0.1) is 6.20 Å². The lowest BCUT2D eigenvalue weighted by Crippen LogP contribution is -2.58. The number of anilines is 2. The number of benzene rings is 3. The van der Waals surface area contributed by atoms with Crippen LogP contribution in [0.5, 0.6) is 0 Å². The number of aromatic nitrogens is 3. The number of piperazine rings is 1. The Morgan fingerprint density at radius 1 is 0.909 bits per heavy atom. The third-order valence-corrected chi connectivity index (χ3v) is 7.90. The molecule has 0 bridgehead atoms. The zero-order valence-electron chi connectivity index (χ0n) is 26.0. The van der Waals surface area contributed by atoms with E-state index in [-0.39, 0.29) is 24.1 Å². The van der Waals surface area contributed by atoms with E-state index in [1.165, 1.54) is 6.92 Å². The van der Waals surface area contributed by atoms with Crippen molar-refractivity contribution in [1.82, 2.24) is 19.5 Å².